The molecule has 0 fully saturated rings. The van der Waals surface area contributed by atoms with Gasteiger partial charge in [-0.1, -0.05) is 24.3 Å². The van der Waals surface area contributed by atoms with Gasteiger partial charge in [0.05, 0.1) is 29.7 Å². The fourth-order valence-corrected chi connectivity index (χ4v) is 4.99. The summed E-state index contributed by atoms with van der Waals surface area (Å²) in [6.07, 6.45) is -0.879. The number of halogens is 3. The fourth-order valence-electron chi connectivity index (χ4n) is 3.83. The number of alkyl halides is 2. The second-order valence-corrected chi connectivity index (χ2v) is 9.99. The third kappa shape index (κ3) is 4.80. The maximum Gasteiger partial charge on any atom is 0.266 e. The standard InChI is InChI=1S/C23H22F3N3O3S/c1-13-28-19-11-20(32-2)17(14-6-8-33(30,31)9-7-14)10-18(19)23(29-13)27-12-15-4-3-5-16(21(15)24)22(25)26/h3-6,10-11,22H,7-9,12H2,1-2H3,(H,27,28,29). The molecule has 10 heteroatoms. The van der Waals surface area contributed by atoms with Gasteiger partial charge >= 0.3 is 0 Å². The molecule has 0 saturated heterocycles. The average Bonchev–Trinajstić information content (AvgIpc) is 2.77. The van der Waals surface area contributed by atoms with Gasteiger partial charge in [0.25, 0.3) is 6.43 Å². The Morgan fingerprint density at radius 1 is 1.21 bits per heavy atom. The molecule has 3 aromatic rings. The molecule has 0 amide bonds. The van der Waals surface area contributed by atoms with Crippen LogP contribution in [0.3, 0.4) is 0 Å². The van der Waals surface area contributed by atoms with Crippen molar-refractivity contribution in [2.45, 2.75) is 26.3 Å². The molecule has 2 heterocycles. The minimum Gasteiger partial charge on any atom is -0.496 e. The van der Waals surface area contributed by atoms with E-state index in [1.807, 2.05) is 6.07 Å². The van der Waals surface area contributed by atoms with Gasteiger partial charge in [0.1, 0.15) is 23.2 Å². The Morgan fingerprint density at radius 3 is 2.67 bits per heavy atom. The molecule has 33 heavy (non-hydrogen) atoms. The molecule has 0 atom stereocenters. The molecule has 0 saturated carbocycles. The third-order valence-corrected chi connectivity index (χ3v) is 7.03. The van der Waals surface area contributed by atoms with Crippen LogP contribution in [0.15, 0.2) is 36.4 Å². The van der Waals surface area contributed by atoms with E-state index >= 15 is 0 Å². The molecule has 0 aliphatic carbocycles. The van der Waals surface area contributed by atoms with E-state index in [-0.39, 0.29) is 23.6 Å². The molecule has 174 valence electrons. The highest BCUT2D eigenvalue weighted by Crippen LogP contribution is 2.36. The van der Waals surface area contributed by atoms with Crippen LogP contribution in [0.5, 0.6) is 5.75 Å². The van der Waals surface area contributed by atoms with Crippen LogP contribution in [-0.4, -0.2) is 37.0 Å². The molecule has 0 bridgehead atoms. The molecular formula is C23H22F3N3O3S. The molecule has 4 rings (SSSR count). The maximum atomic E-state index is 14.5. The van der Waals surface area contributed by atoms with Crippen molar-refractivity contribution in [3.63, 3.8) is 0 Å². The first-order valence-electron chi connectivity index (χ1n) is 10.2. The Balaban J connectivity index is 1.75. The highest BCUT2D eigenvalue weighted by molar-refractivity contribution is 7.91. The Labute approximate surface area is 189 Å². The number of rotatable bonds is 6. The fraction of sp³-hybridized carbons (Fsp3) is 0.304. The lowest BCUT2D eigenvalue weighted by Gasteiger charge is -2.18. The number of hydrogen-bond donors (Lipinski definition) is 1. The summed E-state index contributed by atoms with van der Waals surface area (Å²) in [5, 5.41) is 3.66. The van der Waals surface area contributed by atoms with Crippen LogP contribution >= 0.6 is 0 Å². The summed E-state index contributed by atoms with van der Waals surface area (Å²) in [7, 11) is -1.57. The van der Waals surface area contributed by atoms with Crippen LogP contribution in [-0.2, 0) is 16.4 Å². The van der Waals surface area contributed by atoms with Crippen LogP contribution in [0.1, 0.15) is 35.4 Å². The molecule has 1 aliphatic heterocycles. The van der Waals surface area contributed by atoms with Crippen molar-refractivity contribution >= 4 is 32.1 Å². The van der Waals surface area contributed by atoms with E-state index in [9.17, 15) is 21.6 Å². The molecule has 0 unspecified atom stereocenters. The smallest absolute Gasteiger partial charge is 0.266 e. The number of sulfone groups is 1. The monoisotopic (exact) mass is 477 g/mol. The van der Waals surface area contributed by atoms with E-state index in [0.29, 0.717) is 34.7 Å². The second-order valence-electron chi connectivity index (χ2n) is 7.76. The zero-order valence-corrected chi connectivity index (χ0v) is 18.8. The summed E-state index contributed by atoms with van der Waals surface area (Å²) >= 11 is 0. The Morgan fingerprint density at radius 2 is 2.00 bits per heavy atom. The van der Waals surface area contributed by atoms with E-state index in [1.54, 1.807) is 19.1 Å². The largest absolute Gasteiger partial charge is 0.496 e. The topological polar surface area (TPSA) is 81.2 Å². The van der Waals surface area contributed by atoms with E-state index in [2.05, 4.69) is 15.3 Å². The highest BCUT2D eigenvalue weighted by Gasteiger charge is 2.21. The first-order chi connectivity index (χ1) is 15.7. The lowest BCUT2D eigenvalue weighted by Crippen LogP contribution is -2.15. The lowest BCUT2D eigenvalue weighted by atomic mass is 9.99. The summed E-state index contributed by atoms with van der Waals surface area (Å²) in [5.74, 6) is 0.476. The van der Waals surface area contributed by atoms with Crippen molar-refractivity contribution in [3.8, 4) is 5.75 Å². The quantitative estimate of drug-likeness (QED) is 0.547. The van der Waals surface area contributed by atoms with E-state index in [0.717, 1.165) is 17.2 Å². The number of anilines is 1. The molecule has 1 aromatic heterocycles. The van der Waals surface area contributed by atoms with Gasteiger partial charge in [0.2, 0.25) is 0 Å². The van der Waals surface area contributed by atoms with Crippen molar-refractivity contribution in [2.24, 2.45) is 0 Å². The number of aryl methyl sites for hydroxylation is 1. The van der Waals surface area contributed by atoms with Crippen LogP contribution in [0.25, 0.3) is 16.5 Å². The molecular weight excluding hydrogens is 455 g/mol. The van der Waals surface area contributed by atoms with Gasteiger partial charge in [0, 0.05) is 29.1 Å². The number of allylic oxidation sites excluding steroid dienone is 1. The van der Waals surface area contributed by atoms with Gasteiger partial charge in [-0.15, -0.1) is 0 Å². The van der Waals surface area contributed by atoms with Crippen molar-refractivity contribution in [2.75, 3.05) is 23.9 Å². The summed E-state index contributed by atoms with van der Waals surface area (Å²) in [5.41, 5.74) is 1.58. The maximum absolute atomic E-state index is 14.5. The van der Waals surface area contributed by atoms with Crippen LogP contribution in [0.4, 0.5) is 19.0 Å². The molecule has 6 nitrogen and oxygen atoms in total. The third-order valence-electron chi connectivity index (χ3n) is 5.53. The number of benzene rings is 2. The zero-order valence-electron chi connectivity index (χ0n) is 18.0. The zero-order chi connectivity index (χ0) is 23.8. The first kappa shape index (κ1) is 23.0. The van der Waals surface area contributed by atoms with E-state index in [1.165, 1.54) is 19.2 Å². The molecule has 0 radical (unpaired) electrons. The number of hydrogen-bond acceptors (Lipinski definition) is 6. The number of nitrogens with zero attached hydrogens (tertiary/aromatic N) is 2. The summed E-state index contributed by atoms with van der Waals surface area (Å²) in [6, 6.07) is 7.44. The van der Waals surface area contributed by atoms with Crippen molar-refractivity contribution in [3.05, 3.63) is 64.7 Å². The Hall–Kier alpha value is -3.14. The number of aromatic nitrogens is 2. The van der Waals surface area contributed by atoms with Gasteiger partial charge in [-0.05, 0) is 25.0 Å². The molecule has 1 N–H and O–H groups in total. The SMILES string of the molecule is COc1cc2nc(C)nc(NCc3cccc(C(F)F)c3F)c2cc1C1=CCS(=O)(=O)CC1. The van der Waals surface area contributed by atoms with Crippen LogP contribution in [0.2, 0.25) is 0 Å². The highest BCUT2D eigenvalue weighted by atomic mass is 32.2. The average molecular weight is 478 g/mol. The summed E-state index contributed by atoms with van der Waals surface area (Å²) in [6.45, 7) is 1.65. The Kier molecular flexibility index (Phi) is 6.29. The van der Waals surface area contributed by atoms with Crippen molar-refractivity contribution < 1.29 is 26.3 Å². The molecule has 0 spiro atoms. The minimum atomic E-state index is -3.10. The lowest BCUT2D eigenvalue weighted by molar-refractivity contribution is 0.146. The number of ether oxygens (including phenoxy) is 1. The number of methoxy groups -OCH3 is 1. The van der Waals surface area contributed by atoms with Gasteiger partial charge in [0.15, 0.2) is 9.84 Å². The van der Waals surface area contributed by atoms with Gasteiger partial charge in [-0.2, -0.15) is 0 Å². The minimum absolute atomic E-state index is 0.0429. The van der Waals surface area contributed by atoms with Gasteiger partial charge in [-0.25, -0.2) is 31.6 Å². The normalized spacial score (nSPS) is 15.5. The summed E-state index contributed by atoms with van der Waals surface area (Å²) in [4.78, 5) is 8.86. The number of fused-ring (bicyclic) bond motifs is 1. The van der Waals surface area contributed by atoms with E-state index in [4.69, 9.17) is 4.74 Å². The van der Waals surface area contributed by atoms with E-state index < -0.39 is 27.6 Å². The first-order valence-corrected chi connectivity index (χ1v) is 12.1. The van der Waals surface area contributed by atoms with Crippen molar-refractivity contribution in [1.82, 2.24) is 9.97 Å². The predicted octanol–water partition coefficient (Wildman–Crippen LogP) is 4.84. The summed E-state index contributed by atoms with van der Waals surface area (Å²) < 4.78 is 69.7. The second kappa shape index (κ2) is 9.01. The van der Waals surface area contributed by atoms with Crippen LogP contribution in [0, 0.1) is 12.7 Å². The Bertz CT molecular complexity index is 1360. The predicted molar refractivity (Wildman–Crippen MR) is 121 cm³/mol. The molecule has 1 aliphatic rings. The van der Waals surface area contributed by atoms with Gasteiger partial charge < -0.3 is 10.1 Å². The van der Waals surface area contributed by atoms with Crippen molar-refractivity contribution in [1.29, 1.82) is 0 Å². The molecule has 2 aromatic carbocycles. The number of nitrogens with one attached hydrogen (secondary N) is 1. The van der Waals surface area contributed by atoms with Gasteiger partial charge in [-0.3, -0.25) is 0 Å². The van der Waals surface area contributed by atoms with Crippen LogP contribution < -0.4 is 10.1 Å².